The zero-order chi connectivity index (χ0) is 16.4. The zero-order valence-corrected chi connectivity index (χ0v) is 13.4. The third-order valence-corrected chi connectivity index (χ3v) is 4.34. The van der Waals surface area contributed by atoms with E-state index in [2.05, 4.69) is 30.4 Å². The molecule has 124 valence electrons. The van der Waals surface area contributed by atoms with Crippen LogP contribution in [0.15, 0.2) is 24.3 Å². The maximum absolute atomic E-state index is 12.2. The van der Waals surface area contributed by atoms with Gasteiger partial charge in [-0.1, -0.05) is 23.8 Å². The maximum Gasteiger partial charge on any atom is 0.242 e. The largest absolute Gasteiger partial charge is 0.347 e. The topological polar surface area (TPSA) is 90.5 Å². The van der Waals surface area contributed by atoms with Crippen molar-refractivity contribution in [2.45, 2.75) is 45.3 Å². The highest BCUT2D eigenvalue weighted by molar-refractivity contribution is 5.79. The summed E-state index contributed by atoms with van der Waals surface area (Å²) in [4.78, 5) is 12.2. The molecular weight excluding hydrogens is 306 g/mol. The molecule has 1 aliphatic heterocycles. The molecular formula is C16H19N7O. The Morgan fingerprint density at radius 1 is 1.12 bits per heavy atom. The molecule has 0 atom stereocenters. The lowest BCUT2D eigenvalue weighted by atomic mass is 10.2. The molecule has 4 rings (SSSR count). The van der Waals surface area contributed by atoms with Gasteiger partial charge in [0.15, 0.2) is 5.82 Å². The number of aromatic nitrogens is 6. The summed E-state index contributed by atoms with van der Waals surface area (Å²) < 4.78 is 3.74. The Bertz CT molecular complexity index is 866. The van der Waals surface area contributed by atoms with Crippen molar-refractivity contribution in [3.8, 4) is 0 Å². The Hall–Kier alpha value is -2.77. The fourth-order valence-electron chi connectivity index (χ4n) is 3.08. The average molecular weight is 325 g/mol. The van der Waals surface area contributed by atoms with E-state index in [9.17, 15) is 4.79 Å². The van der Waals surface area contributed by atoms with Crippen LogP contribution < -0.4 is 5.32 Å². The number of benzene rings is 1. The molecule has 0 radical (unpaired) electrons. The van der Waals surface area contributed by atoms with E-state index < -0.39 is 0 Å². The molecule has 8 nitrogen and oxygen atoms in total. The number of hydrogen-bond acceptors (Lipinski definition) is 5. The van der Waals surface area contributed by atoms with Crippen LogP contribution in [0, 0.1) is 0 Å². The predicted octanol–water partition coefficient (Wildman–Crippen LogP) is 1.07. The van der Waals surface area contributed by atoms with E-state index >= 15 is 0 Å². The second kappa shape index (κ2) is 6.38. The molecule has 0 bridgehead atoms. The highest BCUT2D eigenvalue weighted by atomic mass is 16.2. The Labute approximate surface area is 138 Å². The molecule has 2 aromatic heterocycles. The van der Waals surface area contributed by atoms with Gasteiger partial charge in [0.05, 0.1) is 12.1 Å². The summed E-state index contributed by atoms with van der Waals surface area (Å²) >= 11 is 0. The third kappa shape index (κ3) is 2.86. The van der Waals surface area contributed by atoms with Crippen molar-refractivity contribution < 1.29 is 4.79 Å². The van der Waals surface area contributed by atoms with E-state index in [1.54, 1.807) is 4.68 Å². The molecule has 1 N–H and O–H groups in total. The molecule has 0 spiro atoms. The summed E-state index contributed by atoms with van der Waals surface area (Å²) in [5.74, 6) is 1.74. The lowest BCUT2D eigenvalue weighted by Gasteiger charge is -2.08. The fraction of sp³-hybridized carbons (Fsp3) is 0.438. The van der Waals surface area contributed by atoms with E-state index in [1.807, 2.05) is 24.3 Å². The van der Waals surface area contributed by atoms with Gasteiger partial charge in [-0.25, -0.2) is 4.68 Å². The SMILES string of the molecule is O=C(Cn1nnc2ccccc21)NCc1nnc2n1CCCCC2. The standard InChI is InChI=1S/C16H19N7O/c24-16(11-23-13-7-4-3-6-12(13)18-21-23)17-10-15-20-19-14-8-2-1-5-9-22(14)15/h3-4,6-7H,1-2,5,8-11H2,(H,17,24). The molecule has 8 heteroatoms. The summed E-state index contributed by atoms with van der Waals surface area (Å²) in [5, 5.41) is 19.5. The highest BCUT2D eigenvalue weighted by Gasteiger charge is 2.15. The zero-order valence-electron chi connectivity index (χ0n) is 13.4. The first-order valence-corrected chi connectivity index (χ1v) is 8.27. The molecule has 3 heterocycles. The van der Waals surface area contributed by atoms with Crippen molar-refractivity contribution in [2.24, 2.45) is 0 Å². The van der Waals surface area contributed by atoms with Crippen molar-refractivity contribution in [3.05, 3.63) is 35.9 Å². The van der Waals surface area contributed by atoms with Gasteiger partial charge in [0, 0.05) is 13.0 Å². The molecule has 1 amide bonds. The number of para-hydroxylation sites is 1. The smallest absolute Gasteiger partial charge is 0.242 e. The van der Waals surface area contributed by atoms with E-state index in [4.69, 9.17) is 0 Å². The lowest BCUT2D eigenvalue weighted by Crippen LogP contribution is -2.29. The summed E-state index contributed by atoms with van der Waals surface area (Å²) in [5.41, 5.74) is 1.64. The van der Waals surface area contributed by atoms with E-state index in [1.165, 1.54) is 6.42 Å². The summed E-state index contributed by atoms with van der Waals surface area (Å²) in [6, 6.07) is 7.59. The second-order valence-electron chi connectivity index (χ2n) is 6.01. The normalized spacial score (nSPS) is 14.3. The molecule has 3 aromatic rings. The minimum Gasteiger partial charge on any atom is -0.347 e. The van der Waals surface area contributed by atoms with Crippen molar-refractivity contribution in [3.63, 3.8) is 0 Å². The minimum atomic E-state index is -0.114. The van der Waals surface area contributed by atoms with Gasteiger partial charge in [-0.2, -0.15) is 0 Å². The Kier molecular flexibility index (Phi) is 3.94. The lowest BCUT2D eigenvalue weighted by molar-refractivity contribution is -0.122. The van der Waals surface area contributed by atoms with Crippen LogP contribution in [0.5, 0.6) is 0 Å². The predicted molar refractivity (Wildman–Crippen MR) is 87.0 cm³/mol. The Morgan fingerprint density at radius 3 is 3.00 bits per heavy atom. The van der Waals surface area contributed by atoms with E-state index in [0.717, 1.165) is 48.5 Å². The second-order valence-corrected chi connectivity index (χ2v) is 6.01. The van der Waals surface area contributed by atoms with Crippen molar-refractivity contribution in [2.75, 3.05) is 0 Å². The summed E-state index contributed by atoms with van der Waals surface area (Å²) in [7, 11) is 0. The first kappa shape index (κ1) is 14.8. The molecule has 1 aromatic carbocycles. The van der Waals surface area contributed by atoms with E-state index in [-0.39, 0.29) is 12.5 Å². The Balaban J connectivity index is 1.41. The summed E-state index contributed by atoms with van der Waals surface area (Å²) in [6.45, 7) is 1.46. The molecule has 0 unspecified atom stereocenters. The number of carbonyl (C=O) groups excluding carboxylic acids is 1. The highest BCUT2D eigenvalue weighted by Crippen LogP contribution is 2.14. The van der Waals surface area contributed by atoms with Crippen LogP contribution >= 0.6 is 0 Å². The van der Waals surface area contributed by atoms with Gasteiger partial charge in [0.1, 0.15) is 17.9 Å². The minimum absolute atomic E-state index is 0.114. The van der Waals surface area contributed by atoms with Gasteiger partial charge >= 0.3 is 0 Å². The molecule has 24 heavy (non-hydrogen) atoms. The van der Waals surface area contributed by atoms with Crippen LogP contribution in [0.3, 0.4) is 0 Å². The quantitative estimate of drug-likeness (QED) is 0.775. The average Bonchev–Trinajstić information content (AvgIpc) is 3.10. The first-order valence-electron chi connectivity index (χ1n) is 8.27. The number of aryl methyl sites for hydroxylation is 1. The number of nitrogens with zero attached hydrogens (tertiary/aromatic N) is 6. The van der Waals surface area contributed by atoms with Crippen LogP contribution in [0.1, 0.15) is 30.9 Å². The molecule has 0 saturated carbocycles. The van der Waals surface area contributed by atoms with Crippen molar-refractivity contribution >= 4 is 16.9 Å². The molecule has 0 fully saturated rings. The summed E-state index contributed by atoms with van der Waals surface area (Å²) in [6.07, 6.45) is 4.47. The van der Waals surface area contributed by atoms with Crippen LogP contribution in [-0.2, 0) is 30.8 Å². The third-order valence-electron chi connectivity index (χ3n) is 4.34. The van der Waals surface area contributed by atoms with Gasteiger partial charge in [0.25, 0.3) is 0 Å². The van der Waals surface area contributed by atoms with Crippen molar-refractivity contribution in [1.82, 2.24) is 35.1 Å². The number of hydrogen-bond donors (Lipinski definition) is 1. The first-order chi connectivity index (χ1) is 11.8. The van der Waals surface area contributed by atoms with Gasteiger partial charge in [-0.3, -0.25) is 4.79 Å². The monoisotopic (exact) mass is 325 g/mol. The van der Waals surface area contributed by atoms with E-state index in [0.29, 0.717) is 6.54 Å². The number of rotatable bonds is 4. The van der Waals surface area contributed by atoms with Gasteiger partial charge < -0.3 is 9.88 Å². The van der Waals surface area contributed by atoms with Gasteiger partial charge in [-0.05, 0) is 25.0 Å². The molecule has 1 aliphatic rings. The van der Waals surface area contributed by atoms with Crippen molar-refractivity contribution in [1.29, 1.82) is 0 Å². The number of amides is 1. The van der Waals surface area contributed by atoms with Crippen LogP contribution in [0.2, 0.25) is 0 Å². The van der Waals surface area contributed by atoms with Crippen LogP contribution in [0.25, 0.3) is 11.0 Å². The number of carbonyl (C=O) groups is 1. The maximum atomic E-state index is 12.2. The van der Waals surface area contributed by atoms with Crippen LogP contribution in [0.4, 0.5) is 0 Å². The molecule has 0 saturated heterocycles. The Morgan fingerprint density at radius 2 is 2.04 bits per heavy atom. The fourth-order valence-corrected chi connectivity index (χ4v) is 3.08. The number of nitrogens with one attached hydrogen (secondary N) is 1. The van der Waals surface area contributed by atoms with Gasteiger partial charge in [-0.15, -0.1) is 15.3 Å². The molecule has 0 aliphatic carbocycles. The van der Waals surface area contributed by atoms with Crippen LogP contribution in [-0.4, -0.2) is 35.7 Å². The van der Waals surface area contributed by atoms with Gasteiger partial charge in [0.2, 0.25) is 5.91 Å². The number of fused-ring (bicyclic) bond motifs is 2.